The third kappa shape index (κ3) is 8.37. The number of carbonyl (C=O) groups is 4. The van der Waals surface area contributed by atoms with Crippen LogP contribution in [0.5, 0.6) is 0 Å². The third-order valence-corrected chi connectivity index (χ3v) is 5.70. The van der Waals surface area contributed by atoms with Crippen molar-refractivity contribution >= 4 is 34.6 Å². The SMILES string of the molecule is CC(C)C(NC(=O)C(N)CCCCN)C(=O)NC(Cc1c[nH]c2ccccc12)C(=O)NCC(=O)O. The van der Waals surface area contributed by atoms with E-state index >= 15 is 0 Å². The van der Waals surface area contributed by atoms with Crippen molar-refractivity contribution in [2.75, 3.05) is 13.1 Å². The van der Waals surface area contributed by atoms with Gasteiger partial charge in [-0.15, -0.1) is 0 Å². The smallest absolute Gasteiger partial charge is 0.322 e. The standard InChI is InChI=1S/C24H36N6O5/c1-14(2)21(30-22(33)17(26)8-5-6-10-25)24(35)29-19(23(34)28-13-20(31)32)11-15-12-27-18-9-4-3-7-16(15)18/h3-4,7,9,12,14,17,19,21,27H,5-6,8,10-11,13,25-26H2,1-2H3,(H,28,34)(H,29,35)(H,30,33)(H,31,32). The fourth-order valence-electron chi connectivity index (χ4n) is 3.71. The number of nitrogens with two attached hydrogens (primary N) is 2. The zero-order valence-corrected chi connectivity index (χ0v) is 20.2. The van der Waals surface area contributed by atoms with Crippen LogP contribution in [0.4, 0.5) is 0 Å². The molecular formula is C24H36N6O5. The molecule has 2 rings (SSSR count). The second-order valence-electron chi connectivity index (χ2n) is 8.86. The zero-order valence-electron chi connectivity index (χ0n) is 20.2. The minimum atomic E-state index is -1.20. The number of hydrogen-bond acceptors (Lipinski definition) is 6. The number of amides is 3. The van der Waals surface area contributed by atoms with E-state index < -0.39 is 48.4 Å². The van der Waals surface area contributed by atoms with Gasteiger partial charge < -0.3 is 37.5 Å². The molecule has 0 aliphatic carbocycles. The van der Waals surface area contributed by atoms with Gasteiger partial charge in [0.2, 0.25) is 17.7 Å². The summed E-state index contributed by atoms with van der Waals surface area (Å²) in [6.45, 7) is 3.46. The lowest BCUT2D eigenvalue weighted by Crippen LogP contribution is -2.58. The maximum atomic E-state index is 13.2. The Balaban J connectivity index is 2.17. The van der Waals surface area contributed by atoms with Crippen LogP contribution in [-0.4, -0.2) is 65.0 Å². The first kappa shape index (κ1) is 27.8. The number of nitrogens with one attached hydrogen (secondary N) is 4. The van der Waals surface area contributed by atoms with Crippen molar-refractivity contribution in [2.24, 2.45) is 17.4 Å². The van der Waals surface area contributed by atoms with Gasteiger partial charge in [0.1, 0.15) is 18.6 Å². The average Bonchev–Trinajstić information content (AvgIpc) is 3.22. The molecule has 3 unspecified atom stereocenters. The second kappa shape index (κ2) is 13.4. The highest BCUT2D eigenvalue weighted by molar-refractivity contribution is 5.94. The van der Waals surface area contributed by atoms with Crippen molar-refractivity contribution in [2.45, 2.75) is 57.7 Å². The van der Waals surface area contributed by atoms with Crippen molar-refractivity contribution in [1.82, 2.24) is 20.9 Å². The molecule has 0 saturated carbocycles. The van der Waals surface area contributed by atoms with Crippen LogP contribution in [0.1, 0.15) is 38.7 Å². The highest BCUT2D eigenvalue weighted by atomic mass is 16.4. The van der Waals surface area contributed by atoms with E-state index in [1.54, 1.807) is 20.0 Å². The maximum absolute atomic E-state index is 13.2. The summed E-state index contributed by atoms with van der Waals surface area (Å²) in [5.74, 6) is -3.15. The number of benzene rings is 1. The lowest BCUT2D eigenvalue weighted by Gasteiger charge is -2.26. The number of H-pyrrole nitrogens is 1. The van der Waals surface area contributed by atoms with Gasteiger partial charge in [-0.05, 0) is 36.9 Å². The van der Waals surface area contributed by atoms with Gasteiger partial charge in [-0.25, -0.2) is 0 Å². The van der Waals surface area contributed by atoms with E-state index in [2.05, 4.69) is 20.9 Å². The Morgan fingerprint density at radius 2 is 1.74 bits per heavy atom. The van der Waals surface area contributed by atoms with Crippen molar-refractivity contribution in [3.8, 4) is 0 Å². The van der Waals surface area contributed by atoms with Crippen LogP contribution >= 0.6 is 0 Å². The van der Waals surface area contributed by atoms with E-state index in [4.69, 9.17) is 16.6 Å². The van der Waals surface area contributed by atoms with Crippen LogP contribution in [0.25, 0.3) is 10.9 Å². The van der Waals surface area contributed by atoms with Crippen molar-refractivity contribution in [3.05, 3.63) is 36.0 Å². The Hall–Kier alpha value is -3.44. The van der Waals surface area contributed by atoms with E-state index in [0.29, 0.717) is 19.4 Å². The quantitative estimate of drug-likeness (QED) is 0.182. The van der Waals surface area contributed by atoms with E-state index in [-0.39, 0.29) is 12.3 Å². The topological polar surface area (TPSA) is 192 Å². The van der Waals surface area contributed by atoms with E-state index in [9.17, 15) is 19.2 Å². The number of fused-ring (bicyclic) bond motifs is 1. The minimum Gasteiger partial charge on any atom is -0.480 e. The number of aromatic amines is 1. The first-order chi connectivity index (χ1) is 16.6. The Bertz CT molecular complexity index is 1020. The minimum absolute atomic E-state index is 0.124. The van der Waals surface area contributed by atoms with Crippen LogP contribution in [0.3, 0.4) is 0 Å². The van der Waals surface area contributed by atoms with Crippen LogP contribution in [0, 0.1) is 5.92 Å². The molecular weight excluding hydrogens is 452 g/mol. The summed E-state index contributed by atoms with van der Waals surface area (Å²) >= 11 is 0. The molecule has 0 fully saturated rings. The van der Waals surface area contributed by atoms with Gasteiger partial charge in [-0.2, -0.15) is 0 Å². The molecule has 0 aliphatic heterocycles. The van der Waals surface area contributed by atoms with Gasteiger partial charge in [0.05, 0.1) is 6.04 Å². The molecule has 0 saturated heterocycles. The predicted octanol–water partition coefficient (Wildman–Crippen LogP) is -0.00690. The van der Waals surface area contributed by atoms with Crippen molar-refractivity contribution in [3.63, 3.8) is 0 Å². The second-order valence-corrected chi connectivity index (χ2v) is 8.86. The Labute approximate surface area is 204 Å². The van der Waals surface area contributed by atoms with Gasteiger partial charge in [-0.1, -0.05) is 38.5 Å². The summed E-state index contributed by atoms with van der Waals surface area (Å²) in [4.78, 5) is 52.6. The fraction of sp³-hybridized carbons (Fsp3) is 0.500. The third-order valence-electron chi connectivity index (χ3n) is 5.70. The van der Waals surface area contributed by atoms with Gasteiger partial charge >= 0.3 is 5.97 Å². The Morgan fingerprint density at radius 3 is 2.40 bits per heavy atom. The number of carboxylic acids is 1. The predicted molar refractivity (Wildman–Crippen MR) is 132 cm³/mol. The normalized spacial score (nSPS) is 13.7. The molecule has 0 spiro atoms. The molecule has 1 heterocycles. The molecule has 0 aliphatic rings. The number of para-hydroxylation sites is 1. The molecule has 0 radical (unpaired) electrons. The number of rotatable bonds is 14. The maximum Gasteiger partial charge on any atom is 0.322 e. The molecule has 11 nitrogen and oxygen atoms in total. The van der Waals surface area contributed by atoms with E-state index in [1.165, 1.54) is 0 Å². The first-order valence-corrected chi connectivity index (χ1v) is 11.7. The summed E-state index contributed by atoms with van der Waals surface area (Å²) in [6.07, 6.45) is 3.75. The molecule has 3 amide bonds. The van der Waals surface area contributed by atoms with Crippen LogP contribution < -0.4 is 27.4 Å². The van der Waals surface area contributed by atoms with Gasteiger partial charge in [0.25, 0.3) is 0 Å². The summed E-state index contributed by atoms with van der Waals surface area (Å²) in [5, 5.41) is 17.5. The van der Waals surface area contributed by atoms with Crippen LogP contribution in [0.2, 0.25) is 0 Å². The number of unbranched alkanes of at least 4 members (excludes halogenated alkanes) is 1. The molecule has 9 N–H and O–H groups in total. The number of carbonyl (C=O) groups excluding carboxylic acids is 3. The average molecular weight is 489 g/mol. The number of hydrogen-bond donors (Lipinski definition) is 7. The largest absolute Gasteiger partial charge is 0.480 e. The van der Waals surface area contributed by atoms with Crippen LogP contribution in [-0.2, 0) is 25.6 Å². The first-order valence-electron chi connectivity index (χ1n) is 11.7. The van der Waals surface area contributed by atoms with Crippen molar-refractivity contribution < 1.29 is 24.3 Å². The van der Waals surface area contributed by atoms with Gasteiger partial charge in [0, 0.05) is 23.5 Å². The number of aliphatic carboxylic acids is 1. The van der Waals surface area contributed by atoms with Crippen molar-refractivity contribution in [1.29, 1.82) is 0 Å². The molecule has 3 atom stereocenters. The van der Waals surface area contributed by atoms with Crippen LogP contribution in [0.15, 0.2) is 30.5 Å². The highest BCUT2D eigenvalue weighted by Gasteiger charge is 2.30. The molecule has 2 aromatic rings. The monoisotopic (exact) mass is 488 g/mol. The Kier molecular flexibility index (Phi) is 10.7. The Morgan fingerprint density at radius 1 is 1.03 bits per heavy atom. The molecule has 1 aromatic heterocycles. The summed E-state index contributed by atoms with van der Waals surface area (Å²) in [7, 11) is 0. The summed E-state index contributed by atoms with van der Waals surface area (Å²) in [6, 6.07) is 4.74. The molecule has 192 valence electrons. The van der Waals surface area contributed by atoms with E-state index in [0.717, 1.165) is 22.9 Å². The summed E-state index contributed by atoms with van der Waals surface area (Å²) < 4.78 is 0. The number of carboxylic acid groups (broad SMARTS) is 1. The zero-order chi connectivity index (χ0) is 26.0. The van der Waals surface area contributed by atoms with Gasteiger partial charge in [-0.3, -0.25) is 19.2 Å². The number of aromatic nitrogens is 1. The molecule has 1 aromatic carbocycles. The highest BCUT2D eigenvalue weighted by Crippen LogP contribution is 2.19. The molecule has 35 heavy (non-hydrogen) atoms. The molecule has 0 bridgehead atoms. The molecule has 11 heteroatoms. The van der Waals surface area contributed by atoms with E-state index in [1.807, 2.05) is 24.3 Å². The lowest BCUT2D eigenvalue weighted by atomic mass is 10.00. The van der Waals surface area contributed by atoms with Gasteiger partial charge in [0.15, 0.2) is 0 Å². The fourth-order valence-corrected chi connectivity index (χ4v) is 3.71. The summed E-state index contributed by atoms with van der Waals surface area (Å²) in [5.41, 5.74) is 13.1. The lowest BCUT2D eigenvalue weighted by molar-refractivity contribution is -0.138.